The van der Waals surface area contributed by atoms with Gasteiger partial charge >= 0.3 is 0 Å². The van der Waals surface area contributed by atoms with E-state index in [0.717, 1.165) is 10.3 Å². The Hall–Kier alpha value is -0.570. The number of nitrogens with zero attached hydrogens (tertiary/aromatic N) is 2. The zero-order chi connectivity index (χ0) is 6.85. The molecule has 9 heavy (non-hydrogen) atoms. The molecule has 0 fully saturated rings. The summed E-state index contributed by atoms with van der Waals surface area (Å²) < 4.78 is 2.55. The van der Waals surface area contributed by atoms with Crippen molar-refractivity contribution in [3.63, 3.8) is 0 Å². The summed E-state index contributed by atoms with van der Waals surface area (Å²) in [5.74, 6) is 0. The van der Waals surface area contributed by atoms with Crippen molar-refractivity contribution in [3.8, 4) is 0 Å². The van der Waals surface area contributed by atoms with E-state index in [4.69, 9.17) is 0 Å². The van der Waals surface area contributed by atoms with Crippen LogP contribution < -0.4 is 0 Å². The minimum atomic E-state index is 0.838. The number of hydrogen-bond donors (Lipinski definition) is 0. The molecule has 0 spiro atoms. The highest BCUT2D eigenvalue weighted by Gasteiger charge is 1.92. The van der Waals surface area contributed by atoms with Gasteiger partial charge in [-0.15, -0.1) is 0 Å². The maximum atomic E-state index is 4.04. The van der Waals surface area contributed by atoms with Gasteiger partial charge in [0.15, 0.2) is 0 Å². The van der Waals surface area contributed by atoms with Crippen LogP contribution in [0.3, 0.4) is 0 Å². The van der Waals surface area contributed by atoms with E-state index in [9.17, 15) is 0 Å². The standard InChI is InChI=1S/C6H7BrN2/c1-5(2)9-4-3-6(7)8-9/h3-4H,1H2,2H3. The van der Waals surface area contributed by atoms with Crippen molar-refractivity contribution >= 4 is 21.6 Å². The van der Waals surface area contributed by atoms with Crippen LogP contribution in [-0.4, -0.2) is 9.78 Å². The van der Waals surface area contributed by atoms with Crippen LogP contribution in [0.5, 0.6) is 0 Å². The van der Waals surface area contributed by atoms with Gasteiger partial charge in [-0.25, -0.2) is 4.68 Å². The van der Waals surface area contributed by atoms with Crippen LogP contribution in [0.25, 0.3) is 5.70 Å². The molecule has 48 valence electrons. The third-order valence-corrected chi connectivity index (χ3v) is 1.37. The molecule has 0 aliphatic heterocycles. The Kier molecular flexibility index (Phi) is 1.71. The highest BCUT2D eigenvalue weighted by Crippen LogP contribution is 2.06. The van der Waals surface area contributed by atoms with Crippen molar-refractivity contribution in [1.82, 2.24) is 9.78 Å². The first-order valence-electron chi connectivity index (χ1n) is 2.57. The molecule has 0 aliphatic carbocycles. The molecule has 1 heterocycles. The second kappa shape index (κ2) is 2.35. The summed E-state index contributed by atoms with van der Waals surface area (Å²) in [4.78, 5) is 0. The van der Waals surface area contributed by atoms with Gasteiger partial charge in [-0.3, -0.25) is 0 Å². The van der Waals surface area contributed by atoms with Gasteiger partial charge < -0.3 is 0 Å². The summed E-state index contributed by atoms with van der Waals surface area (Å²) in [5, 5.41) is 4.04. The van der Waals surface area contributed by atoms with Crippen LogP contribution in [0.15, 0.2) is 23.4 Å². The molecule has 3 heteroatoms. The Morgan fingerprint density at radius 2 is 2.56 bits per heavy atom. The normalized spacial score (nSPS) is 9.56. The predicted molar refractivity (Wildman–Crippen MR) is 40.9 cm³/mol. The van der Waals surface area contributed by atoms with Gasteiger partial charge in [0.1, 0.15) is 4.60 Å². The molecule has 0 saturated heterocycles. The predicted octanol–water partition coefficient (Wildman–Crippen LogP) is 2.14. The van der Waals surface area contributed by atoms with Crippen molar-refractivity contribution in [2.45, 2.75) is 6.92 Å². The maximum Gasteiger partial charge on any atom is 0.128 e. The molecule has 1 rings (SSSR count). The highest BCUT2D eigenvalue weighted by atomic mass is 79.9. The summed E-state index contributed by atoms with van der Waals surface area (Å²) in [7, 11) is 0. The number of allylic oxidation sites excluding steroid dienone is 1. The second-order valence-corrected chi connectivity index (χ2v) is 2.63. The van der Waals surface area contributed by atoms with Gasteiger partial charge in [0.05, 0.1) is 0 Å². The van der Waals surface area contributed by atoms with E-state index in [-0.39, 0.29) is 0 Å². The highest BCUT2D eigenvalue weighted by molar-refractivity contribution is 9.10. The lowest BCUT2D eigenvalue weighted by molar-refractivity contribution is 0.887. The van der Waals surface area contributed by atoms with Gasteiger partial charge in [-0.2, -0.15) is 5.10 Å². The Balaban J connectivity index is 2.98. The van der Waals surface area contributed by atoms with Crippen molar-refractivity contribution in [2.75, 3.05) is 0 Å². The fourth-order valence-electron chi connectivity index (χ4n) is 0.514. The van der Waals surface area contributed by atoms with Crippen LogP contribution in [0.4, 0.5) is 0 Å². The molecule has 0 aliphatic rings. The summed E-state index contributed by atoms with van der Waals surface area (Å²) in [5.41, 5.74) is 0.917. The van der Waals surface area contributed by atoms with Crippen molar-refractivity contribution in [2.24, 2.45) is 0 Å². The fourth-order valence-corrected chi connectivity index (χ4v) is 0.803. The van der Waals surface area contributed by atoms with Gasteiger partial charge in [0, 0.05) is 11.9 Å². The summed E-state index contributed by atoms with van der Waals surface area (Å²) in [6, 6.07) is 1.87. The average molecular weight is 187 g/mol. The monoisotopic (exact) mass is 186 g/mol. The molecule has 0 amide bonds. The molecule has 0 saturated carbocycles. The molecule has 0 N–H and O–H groups in total. The van der Waals surface area contributed by atoms with Gasteiger partial charge in [-0.05, 0) is 28.9 Å². The Bertz CT molecular complexity index is 227. The first-order valence-corrected chi connectivity index (χ1v) is 3.36. The average Bonchev–Trinajstić information content (AvgIpc) is 2.14. The SMILES string of the molecule is C=C(C)n1ccc(Br)n1. The van der Waals surface area contributed by atoms with E-state index in [2.05, 4.69) is 27.6 Å². The molecular formula is C6H7BrN2. The van der Waals surface area contributed by atoms with Crippen LogP contribution in [0, 0.1) is 0 Å². The lowest BCUT2D eigenvalue weighted by Crippen LogP contribution is -1.90. The van der Waals surface area contributed by atoms with Crippen molar-refractivity contribution in [3.05, 3.63) is 23.4 Å². The minimum Gasteiger partial charge on any atom is -0.245 e. The summed E-state index contributed by atoms with van der Waals surface area (Å²) in [6.45, 7) is 5.62. The third kappa shape index (κ3) is 1.42. The number of halogens is 1. The topological polar surface area (TPSA) is 17.8 Å². The van der Waals surface area contributed by atoms with Gasteiger partial charge in [0.25, 0.3) is 0 Å². The van der Waals surface area contributed by atoms with Crippen LogP contribution in [-0.2, 0) is 0 Å². The minimum absolute atomic E-state index is 0.838. The molecule has 0 atom stereocenters. The van der Waals surface area contributed by atoms with Crippen LogP contribution >= 0.6 is 15.9 Å². The Labute approximate surface area is 62.3 Å². The van der Waals surface area contributed by atoms with Gasteiger partial charge in [0.2, 0.25) is 0 Å². The zero-order valence-electron chi connectivity index (χ0n) is 5.13. The van der Waals surface area contributed by atoms with E-state index in [1.165, 1.54) is 0 Å². The van der Waals surface area contributed by atoms with E-state index in [1.54, 1.807) is 4.68 Å². The maximum absolute atomic E-state index is 4.04. The van der Waals surface area contributed by atoms with E-state index in [1.807, 2.05) is 19.2 Å². The molecule has 0 radical (unpaired) electrons. The fraction of sp³-hybridized carbons (Fsp3) is 0.167. The van der Waals surface area contributed by atoms with E-state index in [0.29, 0.717) is 0 Å². The van der Waals surface area contributed by atoms with Crippen molar-refractivity contribution in [1.29, 1.82) is 0 Å². The molecule has 1 aromatic heterocycles. The summed E-state index contributed by atoms with van der Waals surface area (Å²) >= 11 is 3.23. The third-order valence-electron chi connectivity index (χ3n) is 0.948. The molecule has 0 unspecified atom stereocenters. The lowest BCUT2D eigenvalue weighted by Gasteiger charge is -1.94. The lowest BCUT2D eigenvalue weighted by atomic mass is 10.6. The Morgan fingerprint density at radius 1 is 1.89 bits per heavy atom. The molecular weight excluding hydrogens is 180 g/mol. The van der Waals surface area contributed by atoms with Crippen LogP contribution in [0.2, 0.25) is 0 Å². The second-order valence-electron chi connectivity index (χ2n) is 1.82. The molecule has 0 aromatic carbocycles. The number of rotatable bonds is 1. The first kappa shape index (κ1) is 6.55. The van der Waals surface area contributed by atoms with E-state index >= 15 is 0 Å². The Morgan fingerprint density at radius 3 is 2.78 bits per heavy atom. The number of aromatic nitrogens is 2. The van der Waals surface area contributed by atoms with Crippen LogP contribution in [0.1, 0.15) is 6.92 Å². The molecule has 1 aromatic rings. The smallest absolute Gasteiger partial charge is 0.128 e. The summed E-state index contributed by atoms with van der Waals surface area (Å²) in [6.07, 6.45) is 1.85. The molecule has 0 bridgehead atoms. The zero-order valence-corrected chi connectivity index (χ0v) is 6.72. The largest absolute Gasteiger partial charge is 0.245 e. The first-order chi connectivity index (χ1) is 4.20. The van der Waals surface area contributed by atoms with Crippen molar-refractivity contribution < 1.29 is 0 Å². The van der Waals surface area contributed by atoms with E-state index < -0.39 is 0 Å². The quantitative estimate of drug-likeness (QED) is 0.658. The number of hydrogen-bond acceptors (Lipinski definition) is 1. The molecule has 2 nitrogen and oxygen atoms in total. The van der Waals surface area contributed by atoms with Gasteiger partial charge in [-0.1, -0.05) is 6.58 Å².